The van der Waals surface area contributed by atoms with Gasteiger partial charge in [-0.2, -0.15) is 11.8 Å². The normalized spacial score (nSPS) is 13.7. The number of fused-ring (bicyclic) bond motifs is 1. The fourth-order valence-corrected chi connectivity index (χ4v) is 4.20. The predicted octanol–water partition coefficient (Wildman–Crippen LogP) is 2.09. The highest BCUT2D eigenvalue weighted by Crippen LogP contribution is 2.19. The third kappa shape index (κ3) is 6.85. The number of rotatable bonds is 12. The number of thioether (sulfide) groups is 1. The highest BCUT2D eigenvalue weighted by atomic mass is 32.2. The Balaban J connectivity index is 1.75. The minimum atomic E-state index is -1.16. The molecule has 0 unspecified atom stereocenters. The van der Waals surface area contributed by atoms with Crippen LogP contribution < -0.4 is 16.4 Å². The summed E-state index contributed by atoms with van der Waals surface area (Å²) in [5.74, 6) is -1.44. The number of carboxylic acids is 1. The molecule has 9 heteroatoms. The quantitative estimate of drug-likeness (QED) is 0.268. The summed E-state index contributed by atoms with van der Waals surface area (Å²) in [6.45, 7) is 0. The summed E-state index contributed by atoms with van der Waals surface area (Å²) in [6.07, 6.45) is 4.47. The van der Waals surface area contributed by atoms with E-state index in [1.165, 1.54) is 0 Å². The zero-order valence-electron chi connectivity index (χ0n) is 19.0. The molecule has 2 aromatic carbocycles. The van der Waals surface area contributed by atoms with E-state index in [4.69, 9.17) is 5.73 Å². The Morgan fingerprint density at radius 3 is 2.35 bits per heavy atom. The average Bonchev–Trinajstić information content (AvgIpc) is 3.25. The number of nitrogens with one attached hydrogen (secondary N) is 3. The van der Waals surface area contributed by atoms with Crippen LogP contribution in [0.5, 0.6) is 0 Å². The van der Waals surface area contributed by atoms with Crippen molar-refractivity contribution in [3.63, 3.8) is 0 Å². The molecular formula is C25H30N4O4S. The van der Waals surface area contributed by atoms with E-state index in [0.29, 0.717) is 6.42 Å². The van der Waals surface area contributed by atoms with Gasteiger partial charge in [0.25, 0.3) is 0 Å². The van der Waals surface area contributed by atoms with Crippen LogP contribution in [0, 0.1) is 0 Å². The minimum Gasteiger partial charge on any atom is -0.480 e. The molecule has 1 heterocycles. The number of aliphatic carboxylic acids is 1. The van der Waals surface area contributed by atoms with Crippen molar-refractivity contribution in [3.8, 4) is 0 Å². The van der Waals surface area contributed by atoms with E-state index in [9.17, 15) is 19.5 Å². The summed E-state index contributed by atoms with van der Waals surface area (Å²) >= 11 is 1.58. The van der Waals surface area contributed by atoms with Crippen LogP contribution in [0.4, 0.5) is 0 Å². The molecule has 0 bridgehead atoms. The highest BCUT2D eigenvalue weighted by Gasteiger charge is 2.28. The van der Waals surface area contributed by atoms with Gasteiger partial charge in [0, 0.05) is 29.9 Å². The summed E-state index contributed by atoms with van der Waals surface area (Å²) in [4.78, 5) is 40.9. The number of hydrogen-bond donors (Lipinski definition) is 5. The van der Waals surface area contributed by atoms with Gasteiger partial charge in [0.05, 0.1) is 6.04 Å². The first kappa shape index (κ1) is 25.3. The van der Waals surface area contributed by atoms with Gasteiger partial charge in [-0.1, -0.05) is 48.5 Å². The van der Waals surface area contributed by atoms with E-state index in [1.807, 2.05) is 60.9 Å². The molecule has 0 aliphatic heterocycles. The van der Waals surface area contributed by atoms with Crippen LogP contribution in [0.15, 0.2) is 60.8 Å². The zero-order chi connectivity index (χ0) is 24.5. The molecular weight excluding hydrogens is 452 g/mol. The summed E-state index contributed by atoms with van der Waals surface area (Å²) in [5, 5.41) is 16.0. The molecule has 3 rings (SSSR count). The number of hydrogen-bond acceptors (Lipinski definition) is 5. The van der Waals surface area contributed by atoms with Crippen molar-refractivity contribution in [1.29, 1.82) is 0 Å². The topological polar surface area (TPSA) is 137 Å². The third-order valence-electron chi connectivity index (χ3n) is 5.60. The maximum Gasteiger partial charge on any atom is 0.326 e. The maximum absolute atomic E-state index is 13.2. The molecule has 0 saturated carbocycles. The van der Waals surface area contributed by atoms with E-state index in [-0.39, 0.29) is 12.8 Å². The molecule has 34 heavy (non-hydrogen) atoms. The van der Waals surface area contributed by atoms with Crippen molar-refractivity contribution in [1.82, 2.24) is 15.6 Å². The number of para-hydroxylation sites is 1. The van der Waals surface area contributed by atoms with Crippen LogP contribution in [-0.4, -0.2) is 58.0 Å². The largest absolute Gasteiger partial charge is 0.480 e. The number of H-pyrrole nitrogens is 1. The summed E-state index contributed by atoms with van der Waals surface area (Å²) in [5.41, 5.74) is 8.49. The number of carbonyl (C=O) groups excluding carboxylic acids is 2. The molecule has 6 N–H and O–H groups in total. The Labute approximate surface area is 202 Å². The van der Waals surface area contributed by atoms with Gasteiger partial charge in [-0.05, 0) is 35.6 Å². The van der Waals surface area contributed by atoms with E-state index < -0.39 is 35.9 Å². The molecule has 0 saturated heterocycles. The van der Waals surface area contributed by atoms with Crippen LogP contribution in [0.1, 0.15) is 17.5 Å². The lowest BCUT2D eigenvalue weighted by atomic mass is 10.0. The lowest BCUT2D eigenvalue weighted by Crippen LogP contribution is -2.55. The second kappa shape index (κ2) is 12.2. The number of carbonyl (C=O) groups is 3. The smallest absolute Gasteiger partial charge is 0.326 e. The van der Waals surface area contributed by atoms with E-state index >= 15 is 0 Å². The van der Waals surface area contributed by atoms with Gasteiger partial charge in [-0.25, -0.2) is 4.79 Å². The van der Waals surface area contributed by atoms with Crippen molar-refractivity contribution in [2.75, 3.05) is 12.0 Å². The Morgan fingerprint density at radius 1 is 0.971 bits per heavy atom. The van der Waals surface area contributed by atoms with E-state index in [2.05, 4.69) is 15.6 Å². The zero-order valence-corrected chi connectivity index (χ0v) is 19.8. The van der Waals surface area contributed by atoms with Crippen LogP contribution in [-0.2, 0) is 27.2 Å². The van der Waals surface area contributed by atoms with Gasteiger partial charge in [0.15, 0.2) is 0 Å². The summed E-state index contributed by atoms with van der Waals surface area (Å²) < 4.78 is 0. The predicted molar refractivity (Wildman–Crippen MR) is 135 cm³/mol. The van der Waals surface area contributed by atoms with Crippen molar-refractivity contribution < 1.29 is 19.5 Å². The van der Waals surface area contributed by atoms with Gasteiger partial charge in [-0.3, -0.25) is 9.59 Å². The van der Waals surface area contributed by atoms with Crippen molar-refractivity contribution >= 4 is 40.4 Å². The lowest BCUT2D eigenvalue weighted by Gasteiger charge is -2.23. The maximum atomic E-state index is 13.2. The molecule has 3 atom stereocenters. The van der Waals surface area contributed by atoms with Gasteiger partial charge in [0.1, 0.15) is 12.1 Å². The van der Waals surface area contributed by atoms with Crippen LogP contribution in [0.3, 0.4) is 0 Å². The van der Waals surface area contributed by atoms with Gasteiger partial charge >= 0.3 is 5.97 Å². The Bertz CT molecular complexity index is 1120. The molecule has 2 amide bonds. The molecule has 0 fully saturated rings. The second-order valence-electron chi connectivity index (χ2n) is 8.10. The first-order valence-electron chi connectivity index (χ1n) is 11.1. The average molecular weight is 483 g/mol. The number of aromatic nitrogens is 1. The number of benzene rings is 2. The molecule has 3 aromatic rings. The fraction of sp³-hybridized carbons (Fsp3) is 0.320. The lowest BCUT2D eigenvalue weighted by molar-refractivity contribution is -0.142. The Kier molecular flexibility index (Phi) is 9.12. The first-order chi connectivity index (χ1) is 16.4. The van der Waals surface area contributed by atoms with E-state index in [1.54, 1.807) is 18.0 Å². The minimum absolute atomic E-state index is 0.102. The van der Waals surface area contributed by atoms with Gasteiger partial charge < -0.3 is 26.5 Å². The van der Waals surface area contributed by atoms with Crippen LogP contribution >= 0.6 is 11.8 Å². The number of nitrogens with two attached hydrogens (primary N) is 1. The molecule has 1 aromatic heterocycles. The summed E-state index contributed by atoms with van der Waals surface area (Å²) in [7, 11) is 0. The summed E-state index contributed by atoms with van der Waals surface area (Å²) in [6, 6.07) is 13.9. The van der Waals surface area contributed by atoms with Crippen molar-refractivity contribution in [2.24, 2.45) is 5.73 Å². The first-order valence-corrected chi connectivity index (χ1v) is 12.5. The fourth-order valence-electron chi connectivity index (χ4n) is 3.71. The van der Waals surface area contributed by atoms with Crippen molar-refractivity contribution in [3.05, 3.63) is 71.9 Å². The number of aromatic amines is 1. The third-order valence-corrected chi connectivity index (χ3v) is 6.24. The van der Waals surface area contributed by atoms with E-state index in [0.717, 1.165) is 27.8 Å². The Hall–Kier alpha value is -3.30. The molecule has 0 aliphatic rings. The highest BCUT2D eigenvalue weighted by molar-refractivity contribution is 7.98. The molecule has 8 nitrogen and oxygen atoms in total. The number of carboxylic acid groups (broad SMARTS) is 1. The van der Waals surface area contributed by atoms with Gasteiger partial charge in [-0.15, -0.1) is 0 Å². The molecule has 0 radical (unpaired) electrons. The number of amides is 2. The van der Waals surface area contributed by atoms with Crippen LogP contribution in [0.2, 0.25) is 0 Å². The molecule has 0 spiro atoms. The van der Waals surface area contributed by atoms with Crippen molar-refractivity contribution in [2.45, 2.75) is 37.4 Å². The monoisotopic (exact) mass is 482 g/mol. The van der Waals surface area contributed by atoms with Crippen LogP contribution in [0.25, 0.3) is 10.9 Å². The molecule has 0 aliphatic carbocycles. The SMILES string of the molecule is CSCC[C@H](N)C(=O)N[C@@H](Cc1ccccc1)C(=O)N[C@@H](Cc1c[nH]c2ccccc12)C(=O)O. The molecule has 180 valence electrons. The second-order valence-corrected chi connectivity index (χ2v) is 9.09. The standard InChI is InChI=1S/C25H30N4O4S/c1-34-12-11-19(26)23(30)28-21(13-16-7-3-2-4-8-16)24(31)29-22(25(32)33)14-17-15-27-20-10-6-5-9-18(17)20/h2-10,15,19,21-22,27H,11-14,26H2,1H3,(H,28,30)(H,29,31)(H,32,33)/t19-,21-,22-/m0/s1. The van der Waals surface area contributed by atoms with Gasteiger partial charge in [0.2, 0.25) is 11.8 Å². The Morgan fingerprint density at radius 2 is 1.65 bits per heavy atom.